The second kappa shape index (κ2) is 5.97. The second-order valence-electron chi connectivity index (χ2n) is 5.24. The number of hydrogen-bond acceptors (Lipinski definition) is 3. The van der Waals surface area contributed by atoms with Crippen molar-refractivity contribution in [2.24, 2.45) is 5.73 Å². The molecule has 0 atom stereocenters. The fourth-order valence-corrected chi connectivity index (χ4v) is 2.80. The molecule has 3 rings (SSSR count). The molecule has 1 fully saturated rings. The van der Waals surface area contributed by atoms with Crippen LogP contribution in [0.1, 0.15) is 17.2 Å². The van der Waals surface area contributed by atoms with Crippen molar-refractivity contribution in [3.05, 3.63) is 71.8 Å². The van der Waals surface area contributed by atoms with Gasteiger partial charge in [0.05, 0.1) is 6.04 Å². The average Bonchev–Trinajstić information content (AvgIpc) is 2.47. The summed E-state index contributed by atoms with van der Waals surface area (Å²) in [4.78, 5) is 13.1. The summed E-state index contributed by atoms with van der Waals surface area (Å²) in [5, 5.41) is 0. The molecule has 1 aliphatic heterocycles. The maximum Gasteiger partial charge on any atom is 0.404 e. The van der Waals surface area contributed by atoms with Crippen molar-refractivity contribution in [1.82, 2.24) is 4.90 Å². The number of likely N-dealkylation sites (tertiary alicyclic amines) is 1. The Hall–Kier alpha value is -2.33. The maximum atomic E-state index is 10.8. The highest BCUT2D eigenvalue weighted by atomic mass is 16.6. The number of ether oxygens (including phenoxy) is 1. The van der Waals surface area contributed by atoms with Gasteiger partial charge in [-0.2, -0.15) is 0 Å². The van der Waals surface area contributed by atoms with E-state index in [4.69, 9.17) is 10.5 Å². The lowest BCUT2D eigenvalue weighted by molar-refractivity contribution is -0.0249. The molecule has 1 amide bonds. The minimum Gasteiger partial charge on any atom is -0.444 e. The molecule has 108 valence electrons. The van der Waals surface area contributed by atoms with E-state index in [1.54, 1.807) is 0 Å². The molecule has 0 spiro atoms. The van der Waals surface area contributed by atoms with Crippen molar-refractivity contribution in [1.29, 1.82) is 0 Å². The van der Waals surface area contributed by atoms with Gasteiger partial charge in [-0.3, -0.25) is 4.90 Å². The normalized spacial score (nSPS) is 15.7. The molecule has 2 aromatic rings. The largest absolute Gasteiger partial charge is 0.444 e. The molecular formula is C17H18N2O2. The molecule has 0 aromatic heterocycles. The third-order valence-electron chi connectivity index (χ3n) is 3.75. The lowest BCUT2D eigenvalue weighted by Gasteiger charge is -2.43. The van der Waals surface area contributed by atoms with Crippen LogP contribution in [0.15, 0.2) is 60.7 Å². The van der Waals surface area contributed by atoms with E-state index >= 15 is 0 Å². The Morgan fingerprint density at radius 1 is 1.00 bits per heavy atom. The predicted molar refractivity (Wildman–Crippen MR) is 80.8 cm³/mol. The van der Waals surface area contributed by atoms with Gasteiger partial charge in [0.15, 0.2) is 0 Å². The summed E-state index contributed by atoms with van der Waals surface area (Å²) < 4.78 is 5.04. The summed E-state index contributed by atoms with van der Waals surface area (Å²) in [5.41, 5.74) is 7.54. The van der Waals surface area contributed by atoms with E-state index in [9.17, 15) is 4.79 Å². The molecule has 1 saturated heterocycles. The van der Waals surface area contributed by atoms with E-state index in [2.05, 4.69) is 29.2 Å². The van der Waals surface area contributed by atoms with Gasteiger partial charge < -0.3 is 10.5 Å². The number of nitrogens with zero attached hydrogens (tertiary/aromatic N) is 1. The van der Waals surface area contributed by atoms with Crippen LogP contribution in [0.3, 0.4) is 0 Å². The predicted octanol–water partition coefficient (Wildman–Crippen LogP) is 2.56. The first kappa shape index (κ1) is 13.6. The fraction of sp³-hybridized carbons (Fsp3) is 0.235. The summed E-state index contributed by atoms with van der Waals surface area (Å²) >= 11 is 0. The van der Waals surface area contributed by atoms with Crippen molar-refractivity contribution in [2.75, 3.05) is 13.1 Å². The topological polar surface area (TPSA) is 55.6 Å². The van der Waals surface area contributed by atoms with Gasteiger partial charge in [-0.05, 0) is 11.1 Å². The van der Waals surface area contributed by atoms with Gasteiger partial charge in [0, 0.05) is 13.1 Å². The lowest BCUT2D eigenvalue weighted by Crippen LogP contribution is -2.54. The summed E-state index contributed by atoms with van der Waals surface area (Å²) in [6.45, 7) is 1.41. The first-order valence-corrected chi connectivity index (χ1v) is 7.04. The Morgan fingerprint density at radius 2 is 1.48 bits per heavy atom. The summed E-state index contributed by atoms with van der Waals surface area (Å²) in [5.74, 6) is 0. The Labute approximate surface area is 124 Å². The minimum atomic E-state index is -0.698. The molecule has 4 heteroatoms. The van der Waals surface area contributed by atoms with Crippen LogP contribution in [0.2, 0.25) is 0 Å². The number of nitrogens with two attached hydrogens (primary N) is 1. The summed E-state index contributed by atoms with van der Waals surface area (Å²) in [7, 11) is 0. The first-order chi connectivity index (χ1) is 10.2. The van der Waals surface area contributed by atoms with Gasteiger partial charge in [0.25, 0.3) is 0 Å². The fourth-order valence-electron chi connectivity index (χ4n) is 2.80. The van der Waals surface area contributed by atoms with Crippen LogP contribution < -0.4 is 5.73 Å². The highest BCUT2D eigenvalue weighted by Gasteiger charge is 2.35. The molecule has 1 aliphatic rings. The van der Waals surface area contributed by atoms with Gasteiger partial charge >= 0.3 is 6.09 Å². The first-order valence-electron chi connectivity index (χ1n) is 7.04. The highest BCUT2D eigenvalue weighted by Crippen LogP contribution is 2.32. The monoisotopic (exact) mass is 282 g/mol. The summed E-state index contributed by atoms with van der Waals surface area (Å²) in [6.07, 6.45) is -0.798. The van der Waals surface area contributed by atoms with Crippen molar-refractivity contribution in [3.8, 4) is 0 Å². The molecule has 2 aromatic carbocycles. The van der Waals surface area contributed by atoms with E-state index in [0.717, 1.165) is 0 Å². The molecule has 0 bridgehead atoms. The van der Waals surface area contributed by atoms with E-state index in [-0.39, 0.29) is 12.1 Å². The lowest BCUT2D eigenvalue weighted by atomic mass is 9.94. The van der Waals surface area contributed by atoms with Crippen LogP contribution in [0, 0.1) is 0 Å². The Balaban J connectivity index is 1.80. The zero-order chi connectivity index (χ0) is 14.7. The Bertz CT molecular complexity index is 555. The van der Waals surface area contributed by atoms with E-state index in [1.165, 1.54) is 11.1 Å². The molecule has 21 heavy (non-hydrogen) atoms. The highest BCUT2D eigenvalue weighted by molar-refractivity contribution is 5.65. The molecule has 0 aliphatic carbocycles. The third-order valence-corrected chi connectivity index (χ3v) is 3.75. The van der Waals surface area contributed by atoms with E-state index in [1.807, 2.05) is 36.4 Å². The number of rotatable bonds is 4. The van der Waals surface area contributed by atoms with Crippen LogP contribution >= 0.6 is 0 Å². The molecule has 0 radical (unpaired) electrons. The smallest absolute Gasteiger partial charge is 0.404 e. The number of hydrogen-bond donors (Lipinski definition) is 1. The molecule has 2 N–H and O–H groups in total. The quantitative estimate of drug-likeness (QED) is 0.937. The number of primary amides is 1. The SMILES string of the molecule is NC(=O)OC1CN(C(c2ccccc2)c2ccccc2)C1. The molecule has 1 heterocycles. The molecular weight excluding hydrogens is 264 g/mol. The molecule has 0 unspecified atom stereocenters. The number of carbonyl (C=O) groups is 1. The second-order valence-corrected chi connectivity index (χ2v) is 5.24. The van der Waals surface area contributed by atoms with Crippen molar-refractivity contribution in [2.45, 2.75) is 12.1 Å². The van der Waals surface area contributed by atoms with Gasteiger partial charge in [0.2, 0.25) is 0 Å². The van der Waals surface area contributed by atoms with Gasteiger partial charge in [-0.25, -0.2) is 4.79 Å². The van der Waals surface area contributed by atoms with Crippen molar-refractivity contribution in [3.63, 3.8) is 0 Å². The maximum absolute atomic E-state index is 10.8. The van der Waals surface area contributed by atoms with Crippen molar-refractivity contribution >= 4 is 6.09 Å². The molecule has 0 saturated carbocycles. The van der Waals surface area contributed by atoms with E-state index in [0.29, 0.717) is 13.1 Å². The zero-order valence-corrected chi connectivity index (χ0v) is 11.7. The van der Waals surface area contributed by atoms with Crippen LogP contribution in [0.5, 0.6) is 0 Å². The van der Waals surface area contributed by atoms with Crippen LogP contribution in [-0.2, 0) is 4.74 Å². The third kappa shape index (κ3) is 3.06. The van der Waals surface area contributed by atoms with Gasteiger partial charge in [0.1, 0.15) is 6.10 Å². The number of benzene rings is 2. The number of carbonyl (C=O) groups excluding carboxylic acids is 1. The van der Waals surface area contributed by atoms with Crippen LogP contribution in [-0.4, -0.2) is 30.2 Å². The van der Waals surface area contributed by atoms with Gasteiger partial charge in [-0.1, -0.05) is 60.7 Å². The Kier molecular flexibility index (Phi) is 3.88. The van der Waals surface area contributed by atoms with Crippen LogP contribution in [0.4, 0.5) is 4.79 Å². The molecule has 4 nitrogen and oxygen atoms in total. The van der Waals surface area contributed by atoms with Crippen molar-refractivity contribution < 1.29 is 9.53 Å². The van der Waals surface area contributed by atoms with E-state index < -0.39 is 6.09 Å². The Morgan fingerprint density at radius 3 is 1.90 bits per heavy atom. The standard InChI is InChI=1S/C17H18N2O2/c18-17(20)21-15-11-19(12-15)16(13-7-3-1-4-8-13)14-9-5-2-6-10-14/h1-10,15-16H,11-12H2,(H2,18,20). The average molecular weight is 282 g/mol. The van der Waals surface area contributed by atoms with Crippen LogP contribution in [0.25, 0.3) is 0 Å². The minimum absolute atomic E-state index is 0.0996. The van der Waals surface area contributed by atoms with Gasteiger partial charge in [-0.15, -0.1) is 0 Å². The zero-order valence-electron chi connectivity index (χ0n) is 11.7. The number of amides is 1. The summed E-state index contributed by atoms with van der Waals surface area (Å²) in [6, 6.07) is 20.9.